The summed E-state index contributed by atoms with van der Waals surface area (Å²) < 4.78 is 10.9. The van der Waals surface area contributed by atoms with Crippen molar-refractivity contribution in [2.75, 3.05) is 6.61 Å². The molecule has 118 valence electrons. The zero-order chi connectivity index (χ0) is 16.6. The highest BCUT2D eigenvalue weighted by Crippen LogP contribution is 2.36. The van der Waals surface area contributed by atoms with E-state index in [0.29, 0.717) is 12.2 Å². The van der Waals surface area contributed by atoms with E-state index < -0.39 is 11.2 Å². The number of benzene rings is 2. The molecular weight excluding hydrogens is 300 g/mol. The van der Waals surface area contributed by atoms with Gasteiger partial charge in [-0.2, -0.15) is 0 Å². The van der Waals surface area contributed by atoms with Gasteiger partial charge in [-0.3, -0.25) is 4.79 Å². The summed E-state index contributed by atoms with van der Waals surface area (Å²) in [4.78, 5) is 12.2. The predicted octanol–water partition coefficient (Wildman–Crippen LogP) is 2.98. The van der Waals surface area contributed by atoms with Gasteiger partial charge in [-0.1, -0.05) is 0 Å². The lowest BCUT2D eigenvalue weighted by atomic mass is 10.1. The van der Waals surface area contributed by atoms with Crippen molar-refractivity contribution in [3.8, 4) is 34.3 Å². The Kier molecular flexibility index (Phi) is 3.57. The minimum atomic E-state index is -0.604. The first-order valence-corrected chi connectivity index (χ1v) is 6.96. The van der Waals surface area contributed by atoms with Crippen LogP contribution in [0.15, 0.2) is 45.6 Å². The highest BCUT2D eigenvalue weighted by Gasteiger charge is 2.17. The van der Waals surface area contributed by atoms with Crippen LogP contribution in [0, 0.1) is 0 Å². The van der Waals surface area contributed by atoms with E-state index >= 15 is 0 Å². The SMILES string of the molecule is CCOc1cc(-c2oc3cc(O)ccc3c(=O)c2O)ccc1O. The van der Waals surface area contributed by atoms with Gasteiger partial charge in [0, 0.05) is 11.6 Å². The number of ether oxygens (including phenoxy) is 1. The Bertz CT molecular complexity index is 942. The van der Waals surface area contributed by atoms with Crippen molar-refractivity contribution < 1.29 is 24.5 Å². The average molecular weight is 314 g/mol. The van der Waals surface area contributed by atoms with Gasteiger partial charge >= 0.3 is 0 Å². The maximum atomic E-state index is 12.2. The fraction of sp³-hybridized carbons (Fsp3) is 0.118. The molecule has 1 heterocycles. The first-order valence-electron chi connectivity index (χ1n) is 6.96. The summed E-state index contributed by atoms with van der Waals surface area (Å²) in [6.07, 6.45) is 0. The van der Waals surface area contributed by atoms with E-state index in [9.17, 15) is 20.1 Å². The molecule has 6 nitrogen and oxygen atoms in total. The van der Waals surface area contributed by atoms with Crippen molar-refractivity contribution >= 4 is 11.0 Å². The number of aromatic hydroxyl groups is 3. The summed E-state index contributed by atoms with van der Waals surface area (Å²) in [5.74, 6) is -0.512. The second kappa shape index (κ2) is 5.57. The van der Waals surface area contributed by atoms with E-state index in [0.717, 1.165) is 0 Å². The molecule has 3 N–H and O–H groups in total. The fourth-order valence-electron chi connectivity index (χ4n) is 2.29. The molecule has 0 saturated heterocycles. The molecule has 0 aliphatic heterocycles. The van der Waals surface area contributed by atoms with Gasteiger partial charge < -0.3 is 24.5 Å². The molecule has 0 atom stereocenters. The maximum Gasteiger partial charge on any atom is 0.235 e. The van der Waals surface area contributed by atoms with Gasteiger partial charge in [0.05, 0.1) is 12.0 Å². The van der Waals surface area contributed by atoms with Crippen molar-refractivity contribution in [2.24, 2.45) is 0 Å². The number of phenols is 2. The highest BCUT2D eigenvalue weighted by molar-refractivity contribution is 5.83. The molecule has 3 rings (SSSR count). The number of fused-ring (bicyclic) bond motifs is 1. The standard InChI is InChI=1S/C17H14O6/c1-2-22-14-7-9(3-6-12(14)19)17-16(21)15(20)11-5-4-10(18)8-13(11)23-17/h3-8,18-19,21H,2H2,1H3. The van der Waals surface area contributed by atoms with Crippen LogP contribution in [0.1, 0.15) is 6.92 Å². The van der Waals surface area contributed by atoms with Crippen LogP contribution in [0.25, 0.3) is 22.3 Å². The number of phenolic OH excluding ortho intramolecular Hbond substituents is 2. The summed E-state index contributed by atoms with van der Waals surface area (Å²) in [6, 6.07) is 8.35. The lowest BCUT2D eigenvalue weighted by Crippen LogP contribution is -2.02. The van der Waals surface area contributed by atoms with Crippen LogP contribution in [0.3, 0.4) is 0 Å². The van der Waals surface area contributed by atoms with Crippen LogP contribution in [0.5, 0.6) is 23.0 Å². The minimum Gasteiger partial charge on any atom is -0.508 e. The zero-order valence-electron chi connectivity index (χ0n) is 12.2. The fourth-order valence-corrected chi connectivity index (χ4v) is 2.29. The van der Waals surface area contributed by atoms with E-state index in [1.54, 1.807) is 6.92 Å². The summed E-state index contributed by atoms with van der Waals surface area (Å²) in [5.41, 5.74) is -0.0905. The predicted molar refractivity (Wildman–Crippen MR) is 84.1 cm³/mol. The van der Waals surface area contributed by atoms with Crippen molar-refractivity contribution in [3.05, 3.63) is 46.6 Å². The van der Waals surface area contributed by atoms with Crippen LogP contribution in [0.4, 0.5) is 0 Å². The van der Waals surface area contributed by atoms with Crippen molar-refractivity contribution in [1.82, 2.24) is 0 Å². The smallest absolute Gasteiger partial charge is 0.235 e. The normalized spacial score (nSPS) is 10.8. The zero-order valence-corrected chi connectivity index (χ0v) is 12.2. The minimum absolute atomic E-state index is 0.0574. The molecule has 23 heavy (non-hydrogen) atoms. The maximum absolute atomic E-state index is 12.2. The van der Waals surface area contributed by atoms with Gasteiger partial charge in [0.25, 0.3) is 0 Å². The van der Waals surface area contributed by atoms with Crippen molar-refractivity contribution in [3.63, 3.8) is 0 Å². The Morgan fingerprint density at radius 1 is 1.09 bits per heavy atom. The molecule has 0 spiro atoms. The molecule has 2 aromatic carbocycles. The first kappa shape index (κ1) is 14.8. The van der Waals surface area contributed by atoms with Crippen molar-refractivity contribution in [1.29, 1.82) is 0 Å². The number of rotatable bonds is 3. The van der Waals surface area contributed by atoms with Gasteiger partial charge in [-0.15, -0.1) is 0 Å². The van der Waals surface area contributed by atoms with Gasteiger partial charge in [0.2, 0.25) is 11.2 Å². The third kappa shape index (κ3) is 2.55. The van der Waals surface area contributed by atoms with E-state index in [1.807, 2.05) is 0 Å². The third-order valence-electron chi connectivity index (χ3n) is 3.37. The molecule has 6 heteroatoms. The monoisotopic (exact) mass is 314 g/mol. The molecule has 0 aliphatic carbocycles. The molecule has 3 aromatic rings. The van der Waals surface area contributed by atoms with Crippen molar-refractivity contribution in [2.45, 2.75) is 6.92 Å². The molecule has 0 fully saturated rings. The molecule has 0 amide bonds. The summed E-state index contributed by atoms with van der Waals surface area (Å²) >= 11 is 0. The highest BCUT2D eigenvalue weighted by atomic mass is 16.5. The molecule has 0 radical (unpaired) electrons. The number of hydrogen-bond acceptors (Lipinski definition) is 6. The second-order valence-corrected chi connectivity index (χ2v) is 4.90. The molecule has 1 aromatic heterocycles. The lowest BCUT2D eigenvalue weighted by Gasteiger charge is -2.09. The topological polar surface area (TPSA) is 100 Å². The molecule has 0 unspecified atom stereocenters. The molecule has 0 aliphatic rings. The van der Waals surface area contributed by atoms with Gasteiger partial charge in [-0.25, -0.2) is 0 Å². The Labute approximate surface area is 130 Å². The quantitative estimate of drug-likeness (QED) is 0.687. The van der Waals surface area contributed by atoms with Crippen LogP contribution in [-0.2, 0) is 0 Å². The van der Waals surface area contributed by atoms with E-state index in [-0.39, 0.29) is 34.0 Å². The average Bonchev–Trinajstić information content (AvgIpc) is 2.53. The molecular formula is C17H14O6. The Hall–Kier alpha value is -3.15. The van der Waals surface area contributed by atoms with Crippen LogP contribution in [0.2, 0.25) is 0 Å². The van der Waals surface area contributed by atoms with E-state index in [4.69, 9.17) is 9.15 Å². The molecule has 0 saturated carbocycles. The number of hydrogen-bond donors (Lipinski definition) is 3. The largest absolute Gasteiger partial charge is 0.508 e. The Morgan fingerprint density at radius 3 is 2.61 bits per heavy atom. The van der Waals surface area contributed by atoms with E-state index in [2.05, 4.69) is 0 Å². The van der Waals surface area contributed by atoms with Gasteiger partial charge in [-0.05, 0) is 37.3 Å². The van der Waals surface area contributed by atoms with Gasteiger partial charge in [0.1, 0.15) is 11.3 Å². The summed E-state index contributed by atoms with van der Waals surface area (Å²) in [6.45, 7) is 2.11. The van der Waals surface area contributed by atoms with E-state index in [1.165, 1.54) is 36.4 Å². The lowest BCUT2D eigenvalue weighted by molar-refractivity contribution is 0.318. The summed E-state index contributed by atoms with van der Waals surface area (Å²) in [7, 11) is 0. The third-order valence-corrected chi connectivity index (χ3v) is 3.37. The Morgan fingerprint density at radius 2 is 1.87 bits per heavy atom. The van der Waals surface area contributed by atoms with Crippen LogP contribution >= 0.6 is 0 Å². The Balaban J connectivity index is 2.26. The van der Waals surface area contributed by atoms with Crippen LogP contribution in [-0.4, -0.2) is 21.9 Å². The van der Waals surface area contributed by atoms with Gasteiger partial charge in [0.15, 0.2) is 17.3 Å². The first-order chi connectivity index (χ1) is 11.0. The molecule has 0 bridgehead atoms. The second-order valence-electron chi connectivity index (χ2n) is 4.90. The van der Waals surface area contributed by atoms with Crippen LogP contribution < -0.4 is 10.2 Å². The summed E-state index contributed by atoms with van der Waals surface area (Å²) in [5, 5.41) is 29.6.